The molecule has 0 aliphatic rings. The molecule has 3 heteroatoms. The maximum Gasteiger partial charge on any atom is 0.146 e. The van der Waals surface area contributed by atoms with Crippen LogP contribution >= 0.6 is 15.9 Å². The molecule has 0 saturated heterocycles. The summed E-state index contributed by atoms with van der Waals surface area (Å²) in [5, 5.41) is 3.28. The maximum absolute atomic E-state index is 13.5. The minimum Gasteiger partial charge on any atom is -0.380 e. The van der Waals surface area contributed by atoms with E-state index in [0.717, 1.165) is 30.2 Å². The SMILES string of the molecule is CCCC(CCC)Nc1cc(Br)ccc1F. The second-order valence-corrected chi connectivity index (χ2v) is 4.96. The highest BCUT2D eigenvalue weighted by molar-refractivity contribution is 9.10. The van der Waals surface area contributed by atoms with Crippen molar-refractivity contribution < 1.29 is 4.39 Å². The zero-order valence-corrected chi connectivity index (χ0v) is 11.5. The third-order valence-corrected chi connectivity index (χ3v) is 3.06. The van der Waals surface area contributed by atoms with Gasteiger partial charge in [0.1, 0.15) is 5.82 Å². The summed E-state index contributed by atoms with van der Waals surface area (Å²) in [6.45, 7) is 4.31. The summed E-state index contributed by atoms with van der Waals surface area (Å²) in [6, 6.07) is 5.38. The lowest BCUT2D eigenvalue weighted by Gasteiger charge is -2.19. The number of hydrogen-bond donors (Lipinski definition) is 1. The molecule has 0 unspecified atom stereocenters. The lowest BCUT2D eigenvalue weighted by molar-refractivity contribution is 0.574. The lowest BCUT2D eigenvalue weighted by atomic mass is 10.1. The van der Waals surface area contributed by atoms with Crippen molar-refractivity contribution in [2.45, 2.75) is 45.6 Å². The van der Waals surface area contributed by atoms with E-state index in [0.29, 0.717) is 11.7 Å². The molecule has 1 aromatic carbocycles. The van der Waals surface area contributed by atoms with Crippen LogP contribution in [0.15, 0.2) is 22.7 Å². The van der Waals surface area contributed by atoms with Crippen molar-refractivity contribution in [1.82, 2.24) is 0 Å². The van der Waals surface area contributed by atoms with Crippen molar-refractivity contribution in [2.24, 2.45) is 0 Å². The van der Waals surface area contributed by atoms with Gasteiger partial charge < -0.3 is 5.32 Å². The van der Waals surface area contributed by atoms with Gasteiger partial charge in [0.05, 0.1) is 5.69 Å². The number of benzene rings is 1. The van der Waals surface area contributed by atoms with Crippen LogP contribution in [0.2, 0.25) is 0 Å². The van der Waals surface area contributed by atoms with Crippen molar-refractivity contribution in [3.63, 3.8) is 0 Å². The van der Waals surface area contributed by atoms with Gasteiger partial charge in [-0.05, 0) is 31.0 Å². The Kier molecular flexibility index (Phi) is 5.81. The van der Waals surface area contributed by atoms with Crippen LogP contribution in [0.3, 0.4) is 0 Å². The molecule has 1 rings (SSSR count). The van der Waals surface area contributed by atoms with Gasteiger partial charge in [0.25, 0.3) is 0 Å². The quantitative estimate of drug-likeness (QED) is 0.779. The Labute approximate surface area is 106 Å². The molecule has 0 aliphatic heterocycles. The van der Waals surface area contributed by atoms with Crippen molar-refractivity contribution in [1.29, 1.82) is 0 Å². The number of anilines is 1. The predicted octanol–water partition coefficient (Wildman–Crippen LogP) is 4.97. The molecule has 0 radical (unpaired) electrons. The van der Waals surface area contributed by atoms with Crippen molar-refractivity contribution in [2.75, 3.05) is 5.32 Å². The predicted molar refractivity (Wildman–Crippen MR) is 71.3 cm³/mol. The molecule has 0 amide bonds. The van der Waals surface area contributed by atoms with Crippen LogP contribution in [-0.2, 0) is 0 Å². The van der Waals surface area contributed by atoms with E-state index in [4.69, 9.17) is 0 Å². The second kappa shape index (κ2) is 6.89. The number of halogens is 2. The lowest BCUT2D eigenvalue weighted by Crippen LogP contribution is -2.19. The van der Waals surface area contributed by atoms with Gasteiger partial charge >= 0.3 is 0 Å². The molecule has 90 valence electrons. The molecule has 0 atom stereocenters. The highest BCUT2D eigenvalue weighted by atomic mass is 79.9. The van der Waals surface area contributed by atoms with Gasteiger partial charge in [0.2, 0.25) is 0 Å². The van der Waals surface area contributed by atoms with Crippen molar-refractivity contribution in [3.8, 4) is 0 Å². The highest BCUT2D eigenvalue weighted by Gasteiger charge is 2.09. The summed E-state index contributed by atoms with van der Waals surface area (Å²) >= 11 is 3.36. The molecule has 1 nitrogen and oxygen atoms in total. The fraction of sp³-hybridized carbons (Fsp3) is 0.538. The van der Waals surface area contributed by atoms with Gasteiger partial charge in [-0.15, -0.1) is 0 Å². The van der Waals surface area contributed by atoms with Crippen LogP contribution in [-0.4, -0.2) is 6.04 Å². The van der Waals surface area contributed by atoms with Crippen molar-refractivity contribution in [3.05, 3.63) is 28.5 Å². The van der Waals surface area contributed by atoms with E-state index < -0.39 is 0 Å². The van der Waals surface area contributed by atoms with Crippen LogP contribution in [0.25, 0.3) is 0 Å². The molecule has 0 saturated carbocycles. The third-order valence-electron chi connectivity index (χ3n) is 2.56. The van der Waals surface area contributed by atoms with E-state index in [1.165, 1.54) is 6.07 Å². The van der Waals surface area contributed by atoms with Crippen molar-refractivity contribution >= 4 is 21.6 Å². The minimum absolute atomic E-state index is 0.180. The number of rotatable bonds is 6. The molecule has 0 aliphatic carbocycles. The summed E-state index contributed by atoms with van der Waals surface area (Å²) in [7, 11) is 0. The molecule has 0 fully saturated rings. The Morgan fingerprint density at radius 3 is 2.44 bits per heavy atom. The van der Waals surface area contributed by atoms with E-state index in [9.17, 15) is 4.39 Å². The Hall–Kier alpha value is -0.570. The average molecular weight is 288 g/mol. The highest BCUT2D eigenvalue weighted by Crippen LogP contribution is 2.22. The first-order valence-corrected chi connectivity index (χ1v) is 6.68. The largest absolute Gasteiger partial charge is 0.380 e. The first kappa shape index (κ1) is 13.5. The normalized spacial score (nSPS) is 10.8. The Morgan fingerprint density at radius 1 is 1.25 bits per heavy atom. The topological polar surface area (TPSA) is 12.0 Å². The van der Waals surface area contributed by atoms with E-state index in [2.05, 4.69) is 35.1 Å². The standard InChI is InChI=1S/C13H19BrFN/c1-3-5-11(6-4-2)16-13-9-10(14)7-8-12(13)15/h7-9,11,16H,3-6H2,1-2H3. The minimum atomic E-state index is -0.180. The molecular formula is C13H19BrFN. The summed E-state index contributed by atoms with van der Waals surface area (Å²) in [4.78, 5) is 0. The average Bonchev–Trinajstić information content (AvgIpc) is 2.24. The third kappa shape index (κ3) is 4.12. The summed E-state index contributed by atoms with van der Waals surface area (Å²) in [5.41, 5.74) is 0.598. The molecule has 16 heavy (non-hydrogen) atoms. The smallest absolute Gasteiger partial charge is 0.146 e. The molecule has 0 spiro atoms. The number of hydrogen-bond acceptors (Lipinski definition) is 1. The van der Waals surface area contributed by atoms with Crippen LogP contribution in [0.4, 0.5) is 10.1 Å². The van der Waals surface area contributed by atoms with Gasteiger partial charge in [0.15, 0.2) is 0 Å². The molecule has 1 N–H and O–H groups in total. The number of nitrogens with one attached hydrogen (secondary N) is 1. The first-order valence-electron chi connectivity index (χ1n) is 5.89. The summed E-state index contributed by atoms with van der Waals surface area (Å²) in [5.74, 6) is -0.180. The fourth-order valence-corrected chi connectivity index (χ4v) is 2.17. The maximum atomic E-state index is 13.5. The van der Waals surface area contributed by atoms with Crippen LogP contribution < -0.4 is 5.32 Å². The first-order chi connectivity index (χ1) is 7.67. The second-order valence-electron chi connectivity index (χ2n) is 4.04. The Morgan fingerprint density at radius 2 is 1.88 bits per heavy atom. The molecule has 0 aromatic heterocycles. The molecule has 0 bridgehead atoms. The Balaban J connectivity index is 2.71. The van der Waals surface area contributed by atoms with Gasteiger partial charge in [-0.3, -0.25) is 0 Å². The van der Waals surface area contributed by atoms with E-state index in [-0.39, 0.29) is 5.82 Å². The van der Waals surface area contributed by atoms with E-state index in [1.807, 2.05) is 0 Å². The summed E-state index contributed by atoms with van der Waals surface area (Å²) < 4.78 is 14.4. The van der Waals surface area contributed by atoms with E-state index in [1.54, 1.807) is 12.1 Å². The van der Waals surface area contributed by atoms with Gasteiger partial charge in [-0.25, -0.2) is 4.39 Å². The van der Waals surface area contributed by atoms with Gasteiger partial charge in [0, 0.05) is 10.5 Å². The monoisotopic (exact) mass is 287 g/mol. The van der Waals surface area contributed by atoms with Crippen LogP contribution in [0, 0.1) is 5.82 Å². The van der Waals surface area contributed by atoms with Gasteiger partial charge in [-0.1, -0.05) is 42.6 Å². The molecule has 1 aromatic rings. The zero-order valence-electron chi connectivity index (χ0n) is 9.89. The van der Waals surface area contributed by atoms with Crippen LogP contribution in [0.5, 0.6) is 0 Å². The zero-order chi connectivity index (χ0) is 12.0. The Bertz CT molecular complexity index is 322. The van der Waals surface area contributed by atoms with Crippen LogP contribution in [0.1, 0.15) is 39.5 Å². The van der Waals surface area contributed by atoms with Gasteiger partial charge in [-0.2, -0.15) is 0 Å². The fourth-order valence-electron chi connectivity index (χ4n) is 1.81. The van der Waals surface area contributed by atoms with E-state index >= 15 is 0 Å². The molecule has 0 heterocycles. The molecular weight excluding hydrogens is 269 g/mol. The summed E-state index contributed by atoms with van der Waals surface area (Å²) in [6.07, 6.45) is 4.40.